The maximum absolute atomic E-state index is 11.8. The third-order valence-corrected chi connectivity index (χ3v) is 5.42. The minimum atomic E-state index is -0.189. The van der Waals surface area contributed by atoms with Crippen LogP contribution in [-0.4, -0.2) is 16.9 Å². The topological polar surface area (TPSA) is 45.2 Å². The van der Waals surface area contributed by atoms with Gasteiger partial charge >= 0.3 is 0 Å². The number of hydrogen-bond donors (Lipinski definition) is 1. The number of thiazole rings is 1. The number of carbonyl (C=O) groups excluding carboxylic acids is 1. The zero-order valence-electron chi connectivity index (χ0n) is 14.2. The summed E-state index contributed by atoms with van der Waals surface area (Å²) in [4.78, 5) is 18.3. The Balaban J connectivity index is 1.66. The first-order chi connectivity index (χ1) is 11.4. The molecular formula is C18H22ClN3OS. The average Bonchev–Trinajstić information content (AvgIpc) is 3.23. The lowest BCUT2D eigenvalue weighted by atomic mass is 9.94. The van der Waals surface area contributed by atoms with E-state index in [0.29, 0.717) is 12.6 Å². The van der Waals surface area contributed by atoms with Gasteiger partial charge in [-0.3, -0.25) is 9.69 Å². The maximum Gasteiger partial charge on any atom is 0.225 e. The summed E-state index contributed by atoms with van der Waals surface area (Å²) < 4.78 is 0. The van der Waals surface area contributed by atoms with Crippen LogP contribution in [0.2, 0.25) is 5.02 Å². The number of nitrogens with zero attached hydrogens (tertiary/aromatic N) is 2. The Kier molecular flexibility index (Phi) is 4.95. The van der Waals surface area contributed by atoms with Crippen molar-refractivity contribution in [3.8, 4) is 0 Å². The highest BCUT2D eigenvalue weighted by atomic mass is 35.5. The number of hydrogen-bond acceptors (Lipinski definition) is 4. The van der Waals surface area contributed by atoms with Gasteiger partial charge in [-0.1, -0.05) is 23.7 Å². The quantitative estimate of drug-likeness (QED) is 0.830. The van der Waals surface area contributed by atoms with Crippen molar-refractivity contribution in [2.75, 3.05) is 4.90 Å². The highest BCUT2D eigenvalue weighted by Crippen LogP contribution is 2.33. The lowest BCUT2D eigenvalue weighted by Crippen LogP contribution is -2.36. The van der Waals surface area contributed by atoms with E-state index in [1.165, 1.54) is 16.9 Å². The van der Waals surface area contributed by atoms with Gasteiger partial charge in [-0.15, -0.1) is 11.3 Å². The van der Waals surface area contributed by atoms with Crippen molar-refractivity contribution in [3.05, 3.63) is 45.9 Å². The number of nitrogens with one attached hydrogen (secondary N) is 1. The molecule has 0 atom stereocenters. The Hall–Kier alpha value is -1.43. The molecule has 128 valence electrons. The van der Waals surface area contributed by atoms with E-state index in [9.17, 15) is 4.79 Å². The van der Waals surface area contributed by atoms with Gasteiger partial charge in [-0.05, 0) is 44.4 Å². The largest absolute Gasteiger partial charge is 0.302 e. The molecule has 0 radical (unpaired) electrons. The molecule has 1 aromatic heterocycles. The van der Waals surface area contributed by atoms with Crippen molar-refractivity contribution in [1.29, 1.82) is 0 Å². The Labute approximate surface area is 151 Å². The summed E-state index contributed by atoms with van der Waals surface area (Å²) in [5.41, 5.74) is 1.94. The lowest BCUT2D eigenvalue weighted by molar-refractivity contribution is -0.116. The summed E-state index contributed by atoms with van der Waals surface area (Å²) in [5.74, 6) is 0.0767. The smallest absolute Gasteiger partial charge is 0.225 e. The van der Waals surface area contributed by atoms with Gasteiger partial charge in [0.25, 0.3) is 0 Å². The van der Waals surface area contributed by atoms with E-state index >= 15 is 0 Å². The molecule has 6 heteroatoms. The van der Waals surface area contributed by atoms with Crippen molar-refractivity contribution >= 4 is 34.0 Å². The van der Waals surface area contributed by atoms with Gasteiger partial charge in [-0.2, -0.15) is 0 Å². The third-order valence-electron chi connectivity index (χ3n) is 4.27. The van der Waals surface area contributed by atoms with Crippen LogP contribution in [0.3, 0.4) is 0 Å². The molecular weight excluding hydrogens is 342 g/mol. The normalized spacial score (nSPS) is 14.7. The number of rotatable bonds is 6. The van der Waals surface area contributed by atoms with Gasteiger partial charge in [0.1, 0.15) is 0 Å². The van der Waals surface area contributed by atoms with E-state index in [1.54, 1.807) is 6.92 Å². The second-order valence-electron chi connectivity index (χ2n) is 6.73. The molecule has 1 aliphatic rings. The number of carbonyl (C=O) groups is 1. The van der Waals surface area contributed by atoms with Crippen molar-refractivity contribution < 1.29 is 4.79 Å². The second kappa shape index (κ2) is 6.82. The average molecular weight is 364 g/mol. The van der Waals surface area contributed by atoms with Crippen LogP contribution in [0, 0.1) is 0 Å². The predicted molar refractivity (Wildman–Crippen MR) is 99.6 cm³/mol. The summed E-state index contributed by atoms with van der Waals surface area (Å²) >= 11 is 7.50. The van der Waals surface area contributed by atoms with E-state index in [4.69, 9.17) is 11.6 Å². The van der Waals surface area contributed by atoms with Crippen LogP contribution >= 0.6 is 22.9 Å². The van der Waals surface area contributed by atoms with Gasteiger partial charge in [0, 0.05) is 35.5 Å². The molecule has 24 heavy (non-hydrogen) atoms. The molecule has 2 aromatic rings. The third kappa shape index (κ3) is 3.97. The molecule has 0 saturated heterocycles. The standard InChI is InChI=1S/C18H22ClN3OS/c1-12(23)22(16-8-9-16)17-21-15(11-24-17)10-20-18(2,3)13-4-6-14(19)7-5-13/h4-7,11,16,20H,8-10H2,1-3H3. The highest BCUT2D eigenvalue weighted by Gasteiger charge is 2.33. The van der Waals surface area contributed by atoms with Crippen LogP contribution in [0.25, 0.3) is 0 Å². The maximum atomic E-state index is 11.8. The fraction of sp³-hybridized carbons (Fsp3) is 0.444. The van der Waals surface area contributed by atoms with Crippen molar-refractivity contribution in [1.82, 2.24) is 10.3 Å². The predicted octanol–water partition coefficient (Wildman–Crippen LogP) is 4.34. The molecule has 1 amide bonds. The molecule has 1 heterocycles. The molecule has 1 fully saturated rings. The van der Waals surface area contributed by atoms with Gasteiger partial charge in [0.2, 0.25) is 5.91 Å². The summed E-state index contributed by atoms with van der Waals surface area (Å²) in [6.45, 7) is 6.54. The first-order valence-corrected chi connectivity index (χ1v) is 9.38. The molecule has 1 aromatic carbocycles. The Morgan fingerprint density at radius 2 is 2.04 bits per heavy atom. The zero-order valence-corrected chi connectivity index (χ0v) is 15.7. The number of amides is 1. The number of benzene rings is 1. The van der Waals surface area contributed by atoms with Gasteiger partial charge in [0.05, 0.1) is 5.69 Å². The van der Waals surface area contributed by atoms with Crippen LogP contribution in [0.4, 0.5) is 5.13 Å². The molecule has 0 spiro atoms. The Morgan fingerprint density at radius 3 is 2.62 bits per heavy atom. The molecule has 1 saturated carbocycles. The Morgan fingerprint density at radius 1 is 1.38 bits per heavy atom. The van der Waals surface area contributed by atoms with Crippen LogP contribution in [0.5, 0.6) is 0 Å². The summed E-state index contributed by atoms with van der Waals surface area (Å²) in [7, 11) is 0. The van der Waals surface area contributed by atoms with Gasteiger partial charge in [0.15, 0.2) is 5.13 Å². The first kappa shape index (κ1) is 17.4. The van der Waals surface area contributed by atoms with Crippen molar-refractivity contribution in [3.63, 3.8) is 0 Å². The number of aromatic nitrogens is 1. The van der Waals surface area contributed by atoms with E-state index in [0.717, 1.165) is 28.7 Å². The zero-order chi connectivity index (χ0) is 17.3. The molecule has 1 aliphatic carbocycles. The lowest BCUT2D eigenvalue weighted by Gasteiger charge is -2.26. The number of halogens is 1. The fourth-order valence-electron chi connectivity index (χ4n) is 2.65. The van der Waals surface area contributed by atoms with E-state index < -0.39 is 0 Å². The minimum absolute atomic E-state index is 0.0767. The molecule has 0 unspecified atom stereocenters. The van der Waals surface area contributed by atoms with E-state index in [-0.39, 0.29) is 11.4 Å². The van der Waals surface area contributed by atoms with Gasteiger partial charge in [-0.25, -0.2) is 4.98 Å². The molecule has 1 N–H and O–H groups in total. The van der Waals surface area contributed by atoms with E-state index in [2.05, 4.69) is 24.1 Å². The molecule has 4 nitrogen and oxygen atoms in total. The second-order valence-corrected chi connectivity index (χ2v) is 8.00. The van der Waals surface area contributed by atoms with Crippen molar-refractivity contribution in [2.24, 2.45) is 0 Å². The van der Waals surface area contributed by atoms with Crippen LogP contribution in [0.1, 0.15) is 44.9 Å². The Bertz CT molecular complexity index is 722. The van der Waals surface area contributed by atoms with Crippen molar-refractivity contribution in [2.45, 2.75) is 51.7 Å². The monoisotopic (exact) mass is 363 g/mol. The minimum Gasteiger partial charge on any atom is -0.302 e. The first-order valence-electron chi connectivity index (χ1n) is 8.12. The number of anilines is 1. The summed E-state index contributed by atoms with van der Waals surface area (Å²) in [6, 6.07) is 8.22. The SMILES string of the molecule is CC(=O)N(c1nc(CNC(C)(C)c2ccc(Cl)cc2)cs1)C1CC1. The van der Waals surface area contributed by atoms with E-state index in [1.807, 2.05) is 34.5 Å². The molecule has 3 rings (SSSR count). The molecule has 0 aliphatic heterocycles. The van der Waals surface area contributed by atoms with Gasteiger partial charge < -0.3 is 5.32 Å². The summed E-state index contributed by atoms with van der Waals surface area (Å²) in [5, 5.41) is 7.11. The van der Waals surface area contributed by atoms with Crippen LogP contribution in [-0.2, 0) is 16.9 Å². The van der Waals surface area contributed by atoms with Crippen LogP contribution < -0.4 is 10.2 Å². The highest BCUT2D eigenvalue weighted by molar-refractivity contribution is 7.14. The molecule has 0 bridgehead atoms. The summed E-state index contributed by atoms with van der Waals surface area (Å²) in [6.07, 6.45) is 2.16. The fourth-order valence-corrected chi connectivity index (χ4v) is 3.71. The van der Waals surface area contributed by atoms with Crippen LogP contribution in [0.15, 0.2) is 29.6 Å².